The summed E-state index contributed by atoms with van der Waals surface area (Å²) >= 11 is 2.89. The van der Waals surface area contributed by atoms with Crippen molar-refractivity contribution in [1.29, 1.82) is 0 Å². The van der Waals surface area contributed by atoms with Crippen molar-refractivity contribution in [2.45, 2.75) is 26.4 Å². The lowest BCUT2D eigenvalue weighted by Crippen LogP contribution is -2.38. The van der Waals surface area contributed by atoms with Crippen molar-refractivity contribution in [1.82, 2.24) is 4.98 Å². The topological polar surface area (TPSA) is 127 Å². The monoisotopic (exact) mass is 676 g/mol. The second-order valence-corrected chi connectivity index (χ2v) is 16.6. The lowest BCUT2D eigenvalue weighted by molar-refractivity contribution is -0.137. The fourth-order valence-electron chi connectivity index (χ4n) is 4.05. The van der Waals surface area contributed by atoms with Gasteiger partial charge in [-0.1, -0.05) is 48.0 Å². The number of aromatic nitrogens is 1. The molecular weight excluding hydrogens is 641 g/mol. The second-order valence-electron chi connectivity index (χ2n) is 10.5. The van der Waals surface area contributed by atoms with E-state index in [-0.39, 0.29) is 6.61 Å². The van der Waals surface area contributed by atoms with Crippen LogP contribution in [-0.2, 0) is 29.9 Å². The van der Waals surface area contributed by atoms with E-state index in [0.717, 1.165) is 56.6 Å². The minimum atomic E-state index is -2.10. The Bertz CT molecular complexity index is 1670. The summed E-state index contributed by atoms with van der Waals surface area (Å²) in [5, 5.41) is 18.7. The maximum atomic E-state index is 11.3. The van der Waals surface area contributed by atoms with E-state index >= 15 is 0 Å². The molecule has 240 valence electrons. The standard InChI is InChI=1S/C32H36N6O5S2Si/c1-6-29(39)41-20-18-38(8-3)26-15-13-25(14-16-26)35-37-32-33-31-27(44-32)21-28(45-31)36-34-24-11-9-23(10-12-24)17-19-43-46(4,5)22-42-30(40)7-2/h6-7,9-16,21H,1-2,8,17-20,22H2,3-5H3. The predicted octanol–water partition coefficient (Wildman–Crippen LogP) is 8.78. The Morgan fingerprint density at radius 2 is 1.54 bits per heavy atom. The summed E-state index contributed by atoms with van der Waals surface area (Å²) in [4.78, 5) is 30.1. The van der Waals surface area contributed by atoms with Crippen molar-refractivity contribution in [2.75, 3.05) is 37.4 Å². The Hall–Kier alpha value is -4.37. The van der Waals surface area contributed by atoms with Gasteiger partial charge in [-0.25, -0.2) is 14.6 Å². The molecule has 0 radical (unpaired) electrons. The van der Waals surface area contributed by atoms with E-state index in [1.807, 2.05) is 74.6 Å². The number of thiazole rings is 1. The fourth-order valence-corrected chi connectivity index (χ4v) is 7.12. The van der Waals surface area contributed by atoms with E-state index in [1.165, 1.54) is 22.7 Å². The molecule has 0 unspecified atom stereocenters. The summed E-state index contributed by atoms with van der Waals surface area (Å²) in [5.41, 5.74) is 3.58. The van der Waals surface area contributed by atoms with Crippen LogP contribution in [0, 0.1) is 0 Å². The highest BCUT2D eigenvalue weighted by molar-refractivity contribution is 7.30. The summed E-state index contributed by atoms with van der Waals surface area (Å²) in [6, 6.07) is 17.5. The van der Waals surface area contributed by atoms with Gasteiger partial charge in [0.1, 0.15) is 22.7 Å². The van der Waals surface area contributed by atoms with Gasteiger partial charge in [-0.2, -0.15) is 0 Å². The number of ether oxygens (including phenoxy) is 2. The predicted molar refractivity (Wildman–Crippen MR) is 186 cm³/mol. The van der Waals surface area contributed by atoms with Gasteiger partial charge in [0.15, 0.2) is 0 Å². The molecule has 0 aliphatic heterocycles. The molecule has 11 nitrogen and oxygen atoms in total. The number of azo groups is 2. The van der Waals surface area contributed by atoms with Crippen molar-refractivity contribution < 1.29 is 23.5 Å². The van der Waals surface area contributed by atoms with Crippen LogP contribution in [0.2, 0.25) is 13.1 Å². The first-order valence-electron chi connectivity index (χ1n) is 14.6. The average molecular weight is 677 g/mol. The van der Waals surface area contributed by atoms with Crippen LogP contribution in [0.1, 0.15) is 12.5 Å². The number of anilines is 1. The number of nitrogens with zero attached hydrogens (tertiary/aromatic N) is 6. The molecule has 4 aromatic rings. The summed E-state index contributed by atoms with van der Waals surface area (Å²) in [7, 11) is -2.10. The number of fused-ring (bicyclic) bond motifs is 1. The van der Waals surface area contributed by atoms with Gasteiger partial charge in [-0.05, 0) is 74.5 Å². The molecule has 0 bridgehead atoms. The molecule has 46 heavy (non-hydrogen) atoms. The minimum absolute atomic E-state index is 0.286. The molecule has 0 spiro atoms. The van der Waals surface area contributed by atoms with Gasteiger partial charge in [0.25, 0.3) is 0 Å². The summed E-state index contributed by atoms with van der Waals surface area (Å²) in [6.45, 7) is 15.1. The molecule has 14 heteroatoms. The molecule has 0 amide bonds. The number of likely N-dealkylation sites (N-methyl/N-ethyl adjacent to an activating group) is 1. The zero-order valence-corrected chi connectivity index (χ0v) is 28.7. The Kier molecular flexibility index (Phi) is 12.6. The molecule has 0 saturated carbocycles. The Morgan fingerprint density at radius 1 is 0.891 bits per heavy atom. The molecule has 2 aromatic heterocycles. The van der Waals surface area contributed by atoms with Crippen LogP contribution in [0.3, 0.4) is 0 Å². The second kappa shape index (κ2) is 16.8. The van der Waals surface area contributed by atoms with Gasteiger partial charge in [-0.3, -0.25) is 0 Å². The van der Waals surface area contributed by atoms with Crippen LogP contribution in [-0.4, -0.2) is 57.8 Å². The zero-order chi connectivity index (χ0) is 32.9. The molecule has 0 fully saturated rings. The first-order chi connectivity index (χ1) is 22.2. The van der Waals surface area contributed by atoms with E-state index in [2.05, 4.69) is 43.5 Å². The van der Waals surface area contributed by atoms with E-state index in [9.17, 15) is 9.59 Å². The quantitative estimate of drug-likeness (QED) is 0.0473. The normalized spacial score (nSPS) is 11.7. The molecular formula is C32H36N6O5S2Si. The number of hydrogen-bond donors (Lipinski definition) is 0. The molecule has 0 aliphatic carbocycles. The van der Waals surface area contributed by atoms with Crippen LogP contribution in [0.15, 0.2) is 100 Å². The van der Waals surface area contributed by atoms with E-state index in [4.69, 9.17) is 13.9 Å². The van der Waals surface area contributed by atoms with Gasteiger partial charge in [0, 0.05) is 31.0 Å². The SMILES string of the molecule is C=CC(=O)OCCN(CC)c1ccc(N=Nc2nc3sc(N=Nc4ccc(CCO[Si](C)(C)COC(=O)C=C)cc4)cc3s2)cc1. The lowest BCUT2D eigenvalue weighted by atomic mass is 10.1. The molecule has 2 heterocycles. The van der Waals surface area contributed by atoms with E-state index < -0.39 is 20.3 Å². The average Bonchev–Trinajstić information content (AvgIpc) is 3.63. The maximum Gasteiger partial charge on any atom is 0.330 e. The van der Waals surface area contributed by atoms with Crippen molar-refractivity contribution in [3.63, 3.8) is 0 Å². The smallest absolute Gasteiger partial charge is 0.330 e. The number of rotatable bonds is 17. The number of esters is 2. The molecule has 0 atom stereocenters. The number of carbonyl (C=O) groups excluding carboxylic acids is 2. The van der Waals surface area contributed by atoms with Crippen LogP contribution in [0.25, 0.3) is 9.53 Å². The number of hydrogen-bond acceptors (Lipinski definition) is 13. The first-order valence-corrected chi connectivity index (χ1v) is 19.3. The Morgan fingerprint density at radius 3 is 2.20 bits per heavy atom. The van der Waals surface area contributed by atoms with Crippen LogP contribution < -0.4 is 4.90 Å². The van der Waals surface area contributed by atoms with Crippen molar-refractivity contribution in [3.05, 3.63) is 85.5 Å². The largest absolute Gasteiger partial charge is 0.463 e. The third kappa shape index (κ3) is 10.6. The summed E-state index contributed by atoms with van der Waals surface area (Å²) in [5.74, 6) is -0.855. The molecule has 0 saturated heterocycles. The van der Waals surface area contributed by atoms with E-state index in [0.29, 0.717) is 30.2 Å². The molecule has 0 N–H and O–H groups in total. The van der Waals surface area contributed by atoms with Crippen LogP contribution >= 0.6 is 22.7 Å². The lowest BCUT2D eigenvalue weighted by Gasteiger charge is -2.22. The number of carbonyl (C=O) groups is 2. The molecule has 4 rings (SSSR count). The van der Waals surface area contributed by atoms with Crippen molar-refractivity contribution in [3.8, 4) is 0 Å². The third-order valence-electron chi connectivity index (χ3n) is 6.50. The first kappa shape index (κ1) is 34.5. The fraction of sp³-hybridized carbons (Fsp3) is 0.281. The van der Waals surface area contributed by atoms with Gasteiger partial charge in [0.05, 0.1) is 22.6 Å². The van der Waals surface area contributed by atoms with Gasteiger partial charge < -0.3 is 18.8 Å². The van der Waals surface area contributed by atoms with Gasteiger partial charge in [0.2, 0.25) is 13.4 Å². The summed E-state index contributed by atoms with van der Waals surface area (Å²) in [6.07, 6.45) is 3.36. The van der Waals surface area contributed by atoms with Crippen LogP contribution in [0.5, 0.6) is 0 Å². The zero-order valence-electron chi connectivity index (χ0n) is 26.0. The molecule has 0 aliphatic rings. The Balaban J connectivity index is 1.26. The third-order valence-corrected chi connectivity index (χ3v) is 10.3. The highest BCUT2D eigenvalue weighted by Gasteiger charge is 2.24. The number of thiophene rings is 1. The highest BCUT2D eigenvalue weighted by Crippen LogP contribution is 2.39. The highest BCUT2D eigenvalue weighted by atomic mass is 32.1. The van der Waals surface area contributed by atoms with Crippen molar-refractivity contribution >= 4 is 79.7 Å². The maximum absolute atomic E-state index is 11.3. The molecule has 2 aromatic carbocycles. The van der Waals surface area contributed by atoms with Gasteiger partial charge in [-0.15, -0.1) is 20.5 Å². The number of benzene rings is 2. The van der Waals surface area contributed by atoms with E-state index in [1.54, 1.807) is 0 Å². The van der Waals surface area contributed by atoms with Crippen LogP contribution in [0.4, 0.5) is 27.2 Å². The van der Waals surface area contributed by atoms with Crippen molar-refractivity contribution in [2.24, 2.45) is 20.5 Å². The summed E-state index contributed by atoms with van der Waals surface area (Å²) < 4.78 is 17.2. The Labute approximate surface area is 277 Å². The van der Waals surface area contributed by atoms with Gasteiger partial charge >= 0.3 is 11.9 Å². The minimum Gasteiger partial charge on any atom is -0.463 e.